The van der Waals surface area contributed by atoms with Crippen molar-refractivity contribution in [3.8, 4) is 0 Å². The van der Waals surface area contributed by atoms with Gasteiger partial charge in [-0.3, -0.25) is 0 Å². The van der Waals surface area contributed by atoms with Gasteiger partial charge in [0.2, 0.25) is 5.95 Å². The highest BCUT2D eigenvalue weighted by Crippen LogP contribution is 2.15. The van der Waals surface area contributed by atoms with Gasteiger partial charge in [-0.25, -0.2) is 28.1 Å². The number of nitrogens with one attached hydrogen (secondary N) is 1. The standard InChI is InChI=1S/C12H14N4O2S.C3H4N2S/c1-8-7-9(2)15-12(14-8)16-19(17,18)11-5-3-10(13)4-6-11;4-3-5-1-2-6-3/h3-7H,13H2,1-2H3,(H,14,15,16);1-2H,(H2,4,5). The maximum Gasteiger partial charge on any atom is 0.264 e. The van der Waals surface area contributed by atoms with Crippen molar-refractivity contribution in [3.63, 3.8) is 0 Å². The van der Waals surface area contributed by atoms with Gasteiger partial charge in [0, 0.05) is 28.7 Å². The van der Waals surface area contributed by atoms with Gasteiger partial charge in [0.15, 0.2) is 5.13 Å². The smallest absolute Gasteiger partial charge is 0.264 e. The van der Waals surface area contributed by atoms with Crippen LogP contribution in [0.15, 0.2) is 46.8 Å². The predicted molar refractivity (Wildman–Crippen MR) is 99.7 cm³/mol. The number of nitrogens with zero attached hydrogens (tertiary/aromatic N) is 3. The van der Waals surface area contributed by atoms with Gasteiger partial charge >= 0.3 is 0 Å². The lowest BCUT2D eigenvalue weighted by Gasteiger charge is -2.08. The van der Waals surface area contributed by atoms with Gasteiger partial charge in [-0.2, -0.15) is 0 Å². The summed E-state index contributed by atoms with van der Waals surface area (Å²) < 4.78 is 26.6. The summed E-state index contributed by atoms with van der Waals surface area (Å²) in [5.74, 6) is 0.0642. The summed E-state index contributed by atoms with van der Waals surface area (Å²) in [7, 11) is -3.69. The zero-order chi connectivity index (χ0) is 18.4. The maximum atomic E-state index is 12.1. The van der Waals surface area contributed by atoms with E-state index in [1.165, 1.54) is 35.6 Å². The van der Waals surface area contributed by atoms with E-state index < -0.39 is 10.0 Å². The fourth-order valence-electron chi connectivity index (χ4n) is 1.83. The van der Waals surface area contributed by atoms with Crippen LogP contribution >= 0.6 is 11.3 Å². The molecular formula is C15H18N6O2S2. The Balaban J connectivity index is 0.000000316. The minimum atomic E-state index is -3.69. The fourth-order valence-corrected chi connectivity index (χ4v) is 3.16. The first-order chi connectivity index (χ1) is 11.8. The Labute approximate surface area is 150 Å². The lowest BCUT2D eigenvalue weighted by molar-refractivity contribution is 0.601. The van der Waals surface area contributed by atoms with E-state index in [1.807, 2.05) is 5.38 Å². The summed E-state index contributed by atoms with van der Waals surface area (Å²) in [6.07, 6.45) is 1.68. The second-order valence-electron chi connectivity index (χ2n) is 5.02. The van der Waals surface area contributed by atoms with Crippen LogP contribution in [0.4, 0.5) is 16.8 Å². The van der Waals surface area contributed by atoms with E-state index in [4.69, 9.17) is 11.5 Å². The lowest BCUT2D eigenvalue weighted by atomic mass is 10.3. The molecule has 0 saturated heterocycles. The van der Waals surface area contributed by atoms with Crippen molar-refractivity contribution in [2.24, 2.45) is 0 Å². The van der Waals surface area contributed by atoms with E-state index in [2.05, 4.69) is 19.7 Å². The van der Waals surface area contributed by atoms with Crippen LogP contribution in [0.1, 0.15) is 11.4 Å². The molecule has 0 amide bonds. The Morgan fingerprint density at radius 3 is 2.08 bits per heavy atom. The number of anilines is 3. The van der Waals surface area contributed by atoms with Gasteiger partial charge in [-0.05, 0) is 44.2 Å². The van der Waals surface area contributed by atoms with Crippen LogP contribution in [0.5, 0.6) is 0 Å². The minimum absolute atomic E-state index is 0.0642. The van der Waals surface area contributed by atoms with Gasteiger partial charge in [0.25, 0.3) is 10.0 Å². The Kier molecular flexibility index (Phi) is 5.88. The van der Waals surface area contributed by atoms with Crippen LogP contribution in [-0.4, -0.2) is 23.4 Å². The van der Waals surface area contributed by atoms with Crippen LogP contribution in [0.25, 0.3) is 0 Å². The number of rotatable bonds is 3. The molecule has 2 aromatic heterocycles. The van der Waals surface area contributed by atoms with Gasteiger partial charge < -0.3 is 11.5 Å². The average molecular weight is 378 g/mol. The van der Waals surface area contributed by atoms with Crippen LogP contribution in [0.3, 0.4) is 0 Å². The molecule has 3 rings (SSSR count). The van der Waals surface area contributed by atoms with Gasteiger partial charge in [0.1, 0.15) is 0 Å². The molecule has 3 aromatic rings. The van der Waals surface area contributed by atoms with E-state index in [1.54, 1.807) is 26.1 Å². The van der Waals surface area contributed by atoms with Crippen molar-refractivity contribution in [3.05, 3.63) is 53.3 Å². The number of nitrogens with two attached hydrogens (primary N) is 2. The van der Waals surface area contributed by atoms with Crippen LogP contribution < -0.4 is 16.2 Å². The molecule has 5 N–H and O–H groups in total. The first kappa shape index (κ1) is 18.6. The average Bonchev–Trinajstić information content (AvgIpc) is 2.98. The number of hydrogen-bond donors (Lipinski definition) is 3. The second-order valence-corrected chi connectivity index (χ2v) is 7.63. The largest absolute Gasteiger partial charge is 0.399 e. The topological polar surface area (TPSA) is 137 Å². The van der Waals surface area contributed by atoms with Crippen molar-refractivity contribution in [2.45, 2.75) is 18.7 Å². The molecule has 0 bridgehead atoms. The van der Waals surface area contributed by atoms with Crippen molar-refractivity contribution in [2.75, 3.05) is 16.2 Å². The molecule has 10 heteroatoms. The highest BCUT2D eigenvalue weighted by molar-refractivity contribution is 7.92. The van der Waals surface area contributed by atoms with E-state index in [0.29, 0.717) is 22.2 Å². The Morgan fingerprint density at radius 2 is 1.64 bits per heavy atom. The summed E-state index contributed by atoms with van der Waals surface area (Å²) in [6, 6.07) is 7.68. The highest BCUT2D eigenvalue weighted by atomic mass is 32.2. The molecule has 0 unspecified atom stereocenters. The summed E-state index contributed by atoms with van der Waals surface area (Å²) in [6.45, 7) is 3.55. The molecule has 0 fully saturated rings. The van der Waals surface area contributed by atoms with Crippen LogP contribution in [-0.2, 0) is 10.0 Å². The quantitative estimate of drug-likeness (QED) is 0.594. The van der Waals surface area contributed by atoms with E-state index in [-0.39, 0.29) is 10.8 Å². The molecule has 2 heterocycles. The maximum absolute atomic E-state index is 12.1. The number of nitrogen functional groups attached to an aromatic ring is 2. The Hall–Kier alpha value is -2.72. The van der Waals surface area contributed by atoms with E-state index >= 15 is 0 Å². The number of thiazole rings is 1. The molecular weight excluding hydrogens is 360 g/mol. The summed E-state index contributed by atoms with van der Waals surface area (Å²) in [5.41, 5.74) is 12.6. The van der Waals surface area contributed by atoms with Crippen molar-refractivity contribution in [1.29, 1.82) is 0 Å². The van der Waals surface area contributed by atoms with Crippen molar-refractivity contribution >= 4 is 38.1 Å². The minimum Gasteiger partial charge on any atom is -0.399 e. The molecule has 0 radical (unpaired) electrons. The summed E-state index contributed by atoms with van der Waals surface area (Å²) in [5, 5.41) is 2.48. The molecule has 0 spiro atoms. The van der Waals surface area contributed by atoms with E-state index in [0.717, 1.165) is 0 Å². The summed E-state index contributed by atoms with van der Waals surface area (Å²) >= 11 is 1.44. The number of aromatic nitrogens is 3. The SMILES string of the molecule is Cc1cc(C)nc(NS(=O)(=O)c2ccc(N)cc2)n1.Nc1nccs1. The van der Waals surface area contributed by atoms with Crippen LogP contribution in [0, 0.1) is 13.8 Å². The number of benzene rings is 1. The molecule has 1 aromatic carbocycles. The summed E-state index contributed by atoms with van der Waals surface area (Å²) in [4.78, 5) is 11.9. The first-order valence-electron chi connectivity index (χ1n) is 7.12. The van der Waals surface area contributed by atoms with Crippen LogP contribution in [0.2, 0.25) is 0 Å². The number of sulfonamides is 1. The zero-order valence-corrected chi connectivity index (χ0v) is 15.3. The third-order valence-electron chi connectivity index (χ3n) is 2.85. The highest BCUT2D eigenvalue weighted by Gasteiger charge is 2.15. The Bertz CT molecular complexity index is 905. The zero-order valence-electron chi connectivity index (χ0n) is 13.7. The molecule has 0 aliphatic carbocycles. The first-order valence-corrected chi connectivity index (χ1v) is 9.48. The molecule has 25 heavy (non-hydrogen) atoms. The van der Waals surface area contributed by atoms with Crippen molar-refractivity contribution < 1.29 is 8.42 Å². The lowest BCUT2D eigenvalue weighted by Crippen LogP contribution is -2.15. The van der Waals surface area contributed by atoms with Gasteiger partial charge in [0.05, 0.1) is 4.90 Å². The molecule has 8 nitrogen and oxygen atoms in total. The number of aryl methyl sites for hydroxylation is 2. The monoisotopic (exact) mass is 378 g/mol. The fraction of sp³-hybridized carbons (Fsp3) is 0.133. The van der Waals surface area contributed by atoms with Gasteiger partial charge in [-0.15, -0.1) is 11.3 Å². The third kappa shape index (κ3) is 5.69. The molecule has 132 valence electrons. The number of hydrogen-bond acceptors (Lipinski definition) is 8. The predicted octanol–water partition coefficient (Wildman–Crippen LogP) is 2.20. The second kappa shape index (κ2) is 7.90. The molecule has 0 aliphatic rings. The molecule has 0 atom stereocenters. The normalized spacial score (nSPS) is 10.6. The van der Waals surface area contributed by atoms with Crippen molar-refractivity contribution in [1.82, 2.24) is 15.0 Å². The van der Waals surface area contributed by atoms with E-state index in [9.17, 15) is 8.42 Å². The molecule has 0 saturated carbocycles. The third-order valence-corrected chi connectivity index (χ3v) is 4.80. The molecule has 0 aliphatic heterocycles. The Morgan fingerprint density at radius 1 is 1.04 bits per heavy atom. The van der Waals surface area contributed by atoms with Gasteiger partial charge in [-0.1, -0.05) is 0 Å².